The molecule has 0 aromatic heterocycles. The number of amides is 1. The standard InChI is InChI=1S/C17H16ClNO5/c1-22-13-7-8-15(23-2)14(9-13)17(21)24-10-16(20)19-12-5-3-11(18)4-6-12/h3-9H,10H2,1-2H3,(H,19,20). The van der Waals surface area contributed by atoms with Crippen molar-refractivity contribution in [3.05, 3.63) is 53.1 Å². The van der Waals surface area contributed by atoms with Gasteiger partial charge >= 0.3 is 5.97 Å². The molecule has 0 atom stereocenters. The third-order valence-corrected chi connectivity index (χ3v) is 3.34. The Hall–Kier alpha value is -2.73. The van der Waals surface area contributed by atoms with Crippen LogP contribution in [0.15, 0.2) is 42.5 Å². The maximum Gasteiger partial charge on any atom is 0.342 e. The van der Waals surface area contributed by atoms with E-state index >= 15 is 0 Å². The molecule has 2 aromatic rings. The monoisotopic (exact) mass is 349 g/mol. The number of nitrogens with one attached hydrogen (secondary N) is 1. The van der Waals surface area contributed by atoms with Crippen molar-refractivity contribution in [3.63, 3.8) is 0 Å². The molecule has 0 saturated carbocycles. The lowest BCUT2D eigenvalue weighted by Gasteiger charge is -2.10. The van der Waals surface area contributed by atoms with E-state index < -0.39 is 18.5 Å². The van der Waals surface area contributed by atoms with E-state index in [0.717, 1.165) is 0 Å². The highest BCUT2D eigenvalue weighted by molar-refractivity contribution is 6.30. The maximum atomic E-state index is 12.1. The first-order valence-corrected chi connectivity index (χ1v) is 7.36. The lowest BCUT2D eigenvalue weighted by Crippen LogP contribution is -2.21. The molecule has 0 aliphatic carbocycles. The third-order valence-electron chi connectivity index (χ3n) is 3.09. The number of rotatable bonds is 6. The van der Waals surface area contributed by atoms with E-state index in [-0.39, 0.29) is 5.56 Å². The van der Waals surface area contributed by atoms with Crippen LogP contribution < -0.4 is 14.8 Å². The first kappa shape index (κ1) is 17.6. The highest BCUT2D eigenvalue weighted by Gasteiger charge is 2.16. The highest BCUT2D eigenvalue weighted by Crippen LogP contribution is 2.24. The van der Waals surface area contributed by atoms with Crippen LogP contribution in [0, 0.1) is 0 Å². The van der Waals surface area contributed by atoms with Crippen molar-refractivity contribution in [2.75, 3.05) is 26.1 Å². The van der Waals surface area contributed by atoms with Gasteiger partial charge in [0.1, 0.15) is 17.1 Å². The molecule has 1 N–H and O–H groups in total. The second-order valence-electron chi connectivity index (χ2n) is 4.70. The van der Waals surface area contributed by atoms with E-state index in [4.69, 9.17) is 25.8 Å². The number of benzene rings is 2. The van der Waals surface area contributed by atoms with Gasteiger partial charge in [-0.25, -0.2) is 4.79 Å². The second-order valence-corrected chi connectivity index (χ2v) is 5.13. The summed E-state index contributed by atoms with van der Waals surface area (Å²) in [5, 5.41) is 3.16. The number of esters is 1. The lowest BCUT2D eigenvalue weighted by atomic mass is 10.2. The van der Waals surface area contributed by atoms with Crippen molar-refractivity contribution in [1.82, 2.24) is 0 Å². The van der Waals surface area contributed by atoms with E-state index in [9.17, 15) is 9.59 Å². The van der Waals surface area contributed by atoms with Gasteiger partial charge in [0.2, 0.25) is 0 Å². The van der Waals surface area contributed by atoms with Gasteiger partial charge in [-0.15, -0.1) is 0 Å². The van der Waals surface area contributed by atoms with Gasteiger partial charge in [0.15, 0.2) is 6.61 Å². The van der Waals surface area contributed by atoms with E-state index in [0.29, 0.717) is 22.2 Å². The fourth-order valence-corrected chi connectivity index (χ4v) is 2.04. The zero-order valence-electron chi connectivity index (χ0n) is 13.2. The summed E-state index contributed by atoms with van der Waals surface area (Å²) in [6.45, 7) is -0.429. The molecule has 126 valence electrons. The summed E-state index contributed by atoms with van der Waals surface area (Å²) in [5.74, 6) is -0.336. The molecule has 0 aliphatic rings. The Morgan fingerprint density at radius 2 is 1.75 bits per heavy atom. The van der Waals surface area contributed by atoms with E-state index in [2.05, 4.69) is 5.32 Å². The van der Waals surface area contributed by atoms with Crippen LogP contribution in [0.2, 0.25) is 5.02 Å². The van der Waals surface area contributed by atoms with Crippen molar-refractivity contribution >= 4 is 29.2 Å². The fraction of sp³-hybridized carbons (Fsp3) is 0.176. The molecule has 0 aliphatic heterocycles. The topological polar surface area (TPSA) is 73.9 Å². The predicted molar refractivity (Wildman–Crippen MR) is 89.9 cm³/mol. The summed E-state index contributed by atoms with van der Waals surface area (Å²) in [4.78, 5) is 24.0. The average Bonchev–Trinajstić information content (AvgIpc) is 2.61. The quantitative estimate of drug-likeness (QED) is 0.811. The summed E-state index contributed by atoms with van der Waals surface area (Å²) in [5.41, 5.74) is 0.732. The van der Waals surface area contributed by atoms with Gasteiger partial charge in [0, 0.05) is 10.7 Å². The van der Waals surface area contributed by atoms with Crippen LogP contribution in [0.25, 0.3) is 0 Å². The van der Waals surface area contributed by atoms with Gasteiger partial charge in [-0.05, 0) is 42.5 Å². The third kappa shape index (κ3) is 4.63. The fourth-order valence-electron chi connectivity index (χ4n) is 1.91. The van der Waals surface area contributed by atoms with Crippen molar-refractivity contribution in [1.29, 1.82) is 0 Å². The number of ether oxygens (including phenoxy) is 3. The number of anilines is 1. The number of halogens is 1. The SMILES string of the molecule is COc1ccc(OC)c(C(=O)OCC(=O)Nc2ccc(Cl)cc2)c1. The van der Waals surface area contributed by atoms with E-state index in [1.807, 2.05) is 0 Å². The molecule has 0 radical (unpaired) electrons. The van der Waals surface area contributed by atoms with Crippen LogP contribution in [0.5, 0.6) is 11.5 Å². The van der Waals surface area contributed by atoms with Crippen LogP contribution >= 0.6 is 11.6 Å². The summed E-state index contributed by atoms with van der Waals surface area (Å²) >= 11 is 5.77. The summed E-state index contributed by atoms with van der Waals surface area (Å²) in [6, 6.07) is 11.3. The number of carbonyl (C=O) groups is 2. The van der Waals surface area contributed by atoms with Crippen LogP contribution in [-0.4, -0.2) is 32.7 Å². The molecular weight excluding hydrogens is 334 g/mol. The Labute approximate surface area is 144 Å². The Kier molecular flexibility index (Phi) is 6.03. The van der Waals surface area contributed by atoms with Crippen molar-refractivity contribution in [2.24, 2.45) is 0 Å². The number of hydrogen-bond acceptors (Lipinski definition) is 5. The molecule has 0 spiro atoms. The molecule has 24 heavy (non-hydrogen) atoms. The van der Waals surface area contributed by atoms with Crippen LogP contribution in [0.1, 0.15) is 10.4 Å². The van der Waals surface area contributed by atoms with Gasteiger partial charge in [-0.2, -0.15) is 0 Å². The Balaban J connectivity index is 1.97. The van der Waals surface area contributed by atoms with E-state index in [1.54, 1.807) is 36.4 Å². The van der Waals surface area contributed by atoms with Gasteiger partial charge in [0.05, 0.1) is 14.2 Å². The number of hydrogen-bond donors (Lipinski definition) is 1. The first-order valence-electron chi connectivity index (χ1n) is 6.98. The molecule has 1 amide bonds. The molecule has 0 fully saturated rings. The van der Waals surface area contributed by atoms with Gasteiger partial charge < -0.3 is 19.5 Å². The van der Waals surface area contributed by atoms with Crippen molar-refractivity contribution < 1.29 is 23.8 Å². The summed E-state index contributed by atoms with van der Waals surface area (Å²) in [6.07, 6.45) is 0. The average molecular weight is 350 g/mol. The Morgan fingerprint density at radius 1 is 1.04 bits per heavy atom. The Morgan fingerprint density at radius 3 is 2.38 bits per heavy atom. The molecule has 0 heterocycles. The highest BCUT2D eigenvalue weighted by atomic mass is 35.5. The minimum Gasteiger partial charge on any atom is -0.497 e. The minimum atomic E-state index is -0.683. The molecule has 0 saturated heterocycles. The second kappa shape index (κ2) is 8.21. The van der Waals surface area contributed by atoms with Gasteiger partial charge in [-0.3, -0.25) is 4.79 Å². The molecular formula is C17H16ClNO5. The molecule has 2 aromatic carbocycles. The molecule has 0 bridgehead atoms. The van der Waals surface area contributed by atoms with Crippen LogP contribution in [0.3, 0.4) is 0 Å². The zero-order valence-corrected chi connectivity index (χ0v) is 13.9. The number of methoxy groups -OCH3 is 2. The predicted octanol–water partition coefficient (Wildman–Crippen LogP) is 3.15. The smallest absolute Gasteiger partial charge is 0.342 e. The van der Waals surface area contributed by atoms with Crippen LogP contribution in [0.4, 0.5) is 5.69 Å². The van der Waals surface area contributed by atoms with Gasteiger partial charge in [0.25, 0.3) is 5.91 Å². The largest absolute Gasteiger partial charge is 0.497 e. The minimum absolute atomic E-state index is 0.177. The van der Waals surface area contributed by atoms with E-state index in [1.165, 1.54) is 20.3 Å². The first-order chi connectivity index (χ1) is 11.5. The summed E-state index contributed by atoms with van der Waals surface area (Å²) < 4.78 is 15.2. The molecule has 6 nitrogen and oxygen atoms in total. The molecule has 7 heteroatoms. The summed E-state index contributed by atoms with van der Waals surface area (Å²) in [7, 11) is 2.92. The Bertz CT molecular complexity index is 730. The number of carbonyl (C=O) groups excluding carboxylic acids is 2. The van der Waals surface area contributed by atoms with Crippen molar-refractivity contribution in [2.45, 2.75) is 0 Å². The molecule has 0 unspecified atom stereocenters. The maximum absolute atomic E-state index is 12.1. The van der Waals surface area contributed by atoms with Crippen LogP contribution in [-0.2, 0) is 9.53 Å². The normalized spacial score (nSPS) is 9.96. The van der Waals surface area contributed by atoms with Crippen molar-refractivity contribution in [3.8, 4) is 11.5 Å². The zero-order chi connectivity index (χ0) is 17.5. The molecule has 2 rings (SSSR count). The lowest BCUT2D eigenvalue weighted by molar-refractivity contribution is -0.119. The van der Waals surface area contributed by atoms with Gasteiger partial charge in [-0.1, -0.05) is 11.6 Å².